The van der Waals surface area contributed by atoms with Crippen LogP contribution in [0.2, 0.25) is 0 Å². The number of aromatic nitrogens is 2. The van der Waals surface area contributed by atoms with Gasteiger partial charge in [-0.1, -0.05) is 20.8 Å². The molecule has 0 bridgehead atoms. The molecule has 0 aromatic carbocycles. The Morgan fingerprint density at radius 3 is 2.56 bits per heavy atom. The monoisotopic (exact) mass is 241 g/mol. The summed E-state index contributed by atoms with van der Waals surface area (Å²) in [7, 11) is 0. The number of halogens is 1. The molecule has 3 nitrogen and oxygen atoms in total. The highest BCUT2D eigenvalue weighted by Crippen LogP contribution is 2.20. The first-order chi connectivity index (χ1) is 7.63. The molecule has 0 radical (unpaired) electrons. The van der Waals surface area contributed by atoms with Crippen LogP contribution in [0.5, 0.6) is 0 Å². The smallest absolute Gasteiger partial charge is 0.0809 e. The molecule has 1 N–H and O–H groups in total. The largest absolute Gasteiger partial charge is 0.311 e. The molecule has 1 unspecified atom stereocenters. The topological polar surface area (TPSA) is 37.8 Å². The van der Waals surface area contributed by atoms with Crippen LogP contribution in [-0.4, -0.2) is 16.7 Å². The van der Waals surface area contributed by atoms with Gasteiger partial charge >= 0.3 is 0 Å². The Bertz CT molecular complexity index is 298. The molecule has 0 spiro atoms. The summed E-state index contributed by atoms with van der Waals surface area (Å²) in [6.07, 6.45) is 0.876. The van der Waals surface area contributed by atoms with E-state index in [9.17, 15) is 0 Å². The second kappa shape index (κ2) is 6.81. The number of nitrogens with one attached hydrogen (secondary N) is 1. The minimum absolute atomic E-state index is 0.0230. The highest BCUT2D eigenvalue weighted by Gasteiger charge is 2.07. The second-order valence-corrected chi connectivity index (χ2v) is 4.88. The van der Waals surface area contributed by atoms with Crippen LogP contribution in [0.25, 0.3) is 0 Å². The van der Waals surface area contributed by atoms with E-state index >= 15 is 0 Å². The van der Waals surface area contributed by atoms with Crippen molar-refractivity contribution in [3.63, 3.8) is 0 Å². The van der Waals surface area contributed by atoms with E-state index in [2.05, 4.69) is 29.4 Å². The van der Waals surface area contributed by atoms with Crippen LogP contribution < -0.4 is 5.32 Å². The van der Waals surface area contributed by atoms with Gasteiger partial charge in [-0.05, 0) is 31.0 Å². The summed E-state index contributed by atoms with van der Waals surface area (Å²) in [6.45, 7) is 8.17. The van der Waals surface area contributed by atoms with Gasteiger partial charge in [0.05, 0.1) is 16.8 Å². The van der Waals surface area contributed by atoms with Crippen molar-refractivity contribution >= 4 is 11.6 Å². The maximum absolute atomic E-state index is 6.07. The van der Waals surface area contributed by atoms with Crippen LogP contribution in [0.1, 0.15) is 44.0 Å². The molecule has 0 saturated carbocycles. The van der Waals surface area contributed by atoms with Crippen molar-refractivity contribution in [2.45, 2.75) is 39.1 Å². The first-order valence-electron chi connectivity index (χ1n) is 5.80. The second-order valence-electron chi connectivity index (χ2n) is 4.35. The Balaban J connectivity index is 2.45. The number of rotatable bonds is 6. The predicted octanol–water partition coefficient (Wildman–Crippen LogP) is 2.91. The molecule has 90 valence electrons. The van der Waals surface area contributed by atoms with Crippen LogP contribution in [0, 0.1) is 5.92 Å². The zero-order valence-corrected chi connectivity index (χ0v) is 11.0. The first-order valence-corrected chi connectivity index (χ1v) is 6.24. The van der Waals surface area contributed by atoms with E-state index in [-0.39, 0.29) is 5.38 Å². The van der Waals surface area contributed by atoms with E-state index in [1.165, 1.54) is 0 Å². The van der Waals surface area contributed by atoms with Gasteiger partial charge in [0.1, 0.15) is 0 Å². The fourth-order valence-corrected chi connectivity index (χ4v) is 1.45. The molecule has 1 atom stereocenters. The molecule has 0 amide bonds. The van der Waals surface area contributed by atoms with Crippen molar-refractivity contribution in [2.75, 3.05) is 6.54 Å². The summed E-state index contributed by atoms with van der Waals surface area (Å²) in [5, 5.41) is 11.6. The number of alkyl halides is 1. The van der Waals surface area contributed by atoms with E-state index in [1.807, 2.05) is 19.1 Å². The van der Waals surface area contributed by atoms with Gasteiger partial charge in [-0.2, -0.15) is 10.2 Å². The Labute approximate surface area is 103 Å². The molecule has 0 aliphatic rings. The summed E-state index contributed by atoms with van der Waals surface area (Å²) in [6, 6.07) is 3.95. The lowest BCUT2D eigenvalue weighted by atomic mass is 10.2. The molecule has 1 aromatic heterocycles. The molecular weight excluding hydrogens is 222 g/mol. The van der Waals surface area contributed by atoms with Crippen molar-refractivity contribution in [2.24, 2.45) is 5.92 Å². The number of hydrogen-bond donors (Lipinski definition) is 1. The SMILES string of the molecule is CCC(Cl)c1ccc(CNCC(C)C)nn1. The van der Waals surface area contributed by atoms with Crippen molar-refractivity contribution < 1.29 is 0 Å². The fraction of sp³-hybridized carbons (Fsp3) is 0.667. The maximum Gasteiger partial charge on any atom is 0.0809 e. The standard InChI is InChI=1S/C12H20ClN3/c1-4-11(13)12-6-5-10(15-16-12)8-14-7-9(2)3/h5-6,9,11,14H,4,7-8H2,1-3H3. The molecule has 16 heavy (non-hydrogen) atoms. The van der Waals surface area contributed by atoms with Crippen LogP contribution in [0.15, 0.2) is 12.1 Å². The van der Waals surface area contributed by atoms with Gasteiger partial charge in [-0.15, -0.1) is 11.6 Å². The van der Waals surface area contributed by atoms with E-state index in [4.69, 9.17) is 11.6 Å². The Morgan fingerprint density at radius 1 is 1.31 bits per heavy atom. The summed E-state index contributed by atoms with van der Waals surface area (Å²) in [5.41, 5.74) is 1.82. The van der Waals surface area contributed by atoms with Gasteiger partial charge in [-0.25, -0.2) is 0 Å². The first kappa shape index (κ1) is 13.4. The van der Waals surface area contributed by atoms with Crippen LogP contribution in [0.4, 0.5) is 0 Å². The Hall–Kier alpha value is -0.670. The normalized spacial score (nSPS) is 13.1. The Morgan fingerprint density at radius 2 is 2.06 bits per heavy atom. The maximum atomic E-state index is 6.07. The lowest BCUT2D eigenvalue weighted by Crippen LogP contribution is -2.19. The third-order valence-electron chi connectivity index (χ3n) is 2.28. The Kier molecular flexibility index (Phi) is 5.71. The van der Waals surface area contributed by atoms with Crippen LogP contribution in [0.3, 0.4) is 0 Å². The third kappa shape index (κ3) is 4.45. The van der Waals surface area contributed by atoms with Crippen molar-refractivity contribution in [1.29, 1.82) is 0 Å². The minimum Gasteiger partial charge on any atom is -0.311 e. The molecule has 0 aliphatic carbocycles. The molecule has 1 heterocycles. The van der Waals surface area contributed by atoms with Crippen LogP contribution in [-0.2, 0) is 6.54 Å². The van der Waals surface area contributed by atoms with Gasteiger partial charge in [0.15, 0.2) is 0 Å². The molecular formula is C12H20ClN3. The van der Waals surface area contributed by atoms with Crippen molar-refractivity contribution in [1.82, 2.24) is 15.5 Å². The highest BCUT2D eigenvalue weighted by atomic mass is 35.5. The van der Waals surface area contributed by atoms with E-state index in [0.717, 1.165) is 30.9 Å². The van der Waals surface area contributed by atoms with E-state index < -0.39 is 0 Å². The fourth-order valence-electron chi connectivity index (χ4n) is 1.33. The van der Waals surface area contributed by atoms with Gasteiger partial charge in [0.2, 0.25) is 0 Å². The third-order valence-corrected chi connectivity index (χ3v) is 2.81. The van der Waals surface area contributed by atoms with Gasteiger partial charge < -0.3 is 5.32 Å². The molecule has 0 aliphatic heterocycles. The number of nitrogens with zero attached hydrogens (tertiary/aromatic N) is 2. The van der Waals surface area contributed by atoms with Gasteiger partial charge in [-0.3, -0.25) is 0 Å². The lowest BCUT2D eigenvalue weighted by Gasteiger charge is -2.08. The summed E-state index contributed by atoms with van der Waals surface area (Å²) < 4.78 is 0. The molecule has 0 fully saturated rings. The zero-order chi connectivity index (χ0) is 12.0. The average Bonchev–Trinajstić information content (AvgIpc) is 2.28. The minimum atomic E-state index is -0.0230. The van der Waals surface area contributed by atoms with E-state index in [0.29, 0.717) is 5.92 Å². The van der Waals surface area contributed by atoms with E-state index in [1.54, 1.807) is 0 Å². The summed E-state index contributed by atoms with van der Waals surface area (Å²) in [4.78, 5) is 0. The molecule has 1 rings (SSSR count). The molecule has 1 aromatic rings. The lowest BCUT2D eigenvalue weighted by molar-refractivity contribution is 0.545. The summed E-state index contributed by atoms with van der Waals surface area (Å²) >= 11 is 6.07. The number of hydrogen-bond acceptors (Lipinski definition) is 3. The van der Waals surface area contributed by atoms with Gasteiger partial charge in [0, 0.05) is 6.54 Å². The van der Waals surface area contributed by atoms with Crippen molar-refractivity contribution in [3.8, 4) is 0 Å². The predicted molar refractivity (Wildman–Crippen MR) is 67.5 cm³/mol. The van der Waals surface area contributed by atoms with Crippen molar-refractivity contribution in [3.05, 3.63) is 23.5 Å². The molecule has 4 heteroatoms. The van der Waals surface area contributed by atoms with Gasteiger partial charge in [0.25, 0.3) is 0 Å². The summed E-state index contributed by atoms with van der Waals surface area (Å²) in [5.74, 6) is 0.652. The quantitative estimate of drug-likeness (QED) is 0.779. The molecule has 0 saturated heterocycles. The average molecular weight is 242 g/mol. The highest BCUT2D eigenvalue weighted by molar-refractivity contribution is 6.20. The van der Waals surface area contributed by atoms with Crippen LogP contribution >= 0.6 is 11.6 Å². The zero-order valence-electron chi connectivity index (χ0n) is 10.2.